The molecule has 1 aliphatic heterocycles. The second-order valence-electron chi connectivity index (χ2n) is 6.16. The topological polar surface area (TPSA) is 92.8 Å². The molecule has 1 fully saturated rings. The summed E-state index contributed by atoms with van der Waals surface area (Å²) >= 11 is 0. The third-order valence-electron chi connectivity index (χ3n) is 4.29. The predicted molar refractivity (Wildman–Crippen MR) is 92.7 cm³/mol. The van der Waals surface area contributed by atoms with Gasteiger partial charge < -0.3 is 10.1 Å². The Bertz CT molecular complexity index is 754. The van der Waals surface area contributed by atoms with Crippen molar-refractivity contribution in [2.24, 2.45) is 0 Å². The predicted octanol–water partition coefficient (Wildman–Crippen LogP) is 1.46. The highest BCUT2D eigenvalue weighted by Gasteiger charge is 2.28. The number of esters is 1. The SMILES string of the molecule is COC(=O)C(C)NC(=O)c1ccc(C)c(S(=O)(=O)N2CCCCC2)c1. The highest BCUT2D eigenvalue weighted by atomic mass is 32.2. The average molecular weight is 368 g/mol. The monoisotopic (exact) mass is 368 g/mol. The Morgan fingerprint density at radius 3 is 2.44 bits per heavy atom. The van der Waals surface area contributed by atoms with Crippen molar-refractivity contribution < 1.29 is 22.7 Å². The van der Waals surface area contributed by atoms with E-state index in [1.54, 1.807) is 19.1 Å². The number of ether oxygens (including phenoxy) is 1. The highest BCUT2D eigenvalue weighted by Crippen LogP contribution is 2.24. The largest absolute Gasteiger partial charge is 0.467 e. The van der Waals surface area contributed by atoms with Gasteiger partial charge >= 0.3 is 5.97 Å². The van der Waals surface area contributed by atoms with Crippen molar-refractivity contribution in [3.63, 3.8) is 0 Å². The summed E-state index contributed by atoms with van der Waals surface area (Å²) in [7, 11) is -2.40. The fourth-order valence-electron chi connectivity index (χ4n) is 2.78. The molecule has 8 heteroatoms. The molecule has 1 atom stereocenters. The number of nitrogens with zero attached hydrogens (tertiary/aromatic N) is 1. The quantitative estimate of drug-likeness (QED) is 0.795. The van der Waals surface area contributed by atoms with Crippen LogP contribution in [0.3, 0.4) is 0 Å². The number of methoxy groups -OCH3 is 1. The molecule has 0 aliphatic carbocycles. The molecule has 138 valence electrons. The minimum atomic E-state index is -3.64. The number of sulfonamides is 1. The van der Waals surface area contributed by atoms with E-state index in [9.17, 15) is 18.0 Å². The number of hydrogen-bond acceptors (Lipinski definition) is 5. The summed E-state index contributed by atoms with van der Waals surface area (Å²) in [6.07, 6.45) is 2.71. The Morgan fingerprint density at radius 2 is 1.84 bits per heavy atom. The summed E-state index contributed by atoms with van der Waals surface area (Å²) in [4.78, 5) is 23.9. The molecule has 7 nitrogen and oxygen atoms in total. The summed E-state index contributed by atoms with van der Waals surface area (Å²) in [5.41, 5.74) is 0.778. The first kappa shape index (κ1) is 19.4. The summed E-state index contributed by atoms with van der Waals surface area (Å²) in [5, 5.41) is 2.50. The van der Waals surface area contributed by atoms with Crippen LogP contribution in [0.25, 0.3) is 0 Å². The molecule has 1 aliphatic rings. The first-order valence-electron chi connectivity index (χ1n) is 8.27. The maximum Gasteiger partial charge on any atom is 0.328 e. The lowest BCUT2D eigenvalue weighted by molar-refractivity contribution is -0.142. The maximum absolute atomic E-state index is 12.9. The molecule has 1 amide bonds. The first-order chi connectivity index (χ1) is 11.8. The van der Waals surface area contributed by atoms with E-state index in [-0.39, 0.29) is 10.5 Å². The lowest BCUT2D eigenvalue weighted by Gasteiger charge is -2.26. The number of rotatable bonds is 5. The molecule has 0 spiro atoms. The Balaban J connectivity index is 2.28. The van der Waals surface area contributed by atoms with Crippen molar-refractivity contribution in [2.75, 3.05) is 20.2 Å². The maximum atomic E-state index is 12.9. The van der Waals surface area contributed by atoms with Gasteiger partial charge in [-0.3, -0.25) is 4.79 Å². The molecular weight excluding hydrogens is 344 g/mol. The van der Waals surface area contributed by atoms with Crippen LogP contribution >= 0.6 is 0 Å². The lowest BCUT2D eigenvalue weighted by Crippen LogP contribution is -2.39. The van der Waals surface area contributed by atoms with E-state index in [0.29, 0.717) is 18.7 Å². The number of carbonyl (C=O) groups excluding carboxylic acids is 2. The molecule has 25 heavy (non-hydrogen) atoms. The zero-order valence-electron chi connectivity index (χ0n) is 14.7. The standard InChI is InChI=1S/C17H24N2O5S/c1-12-7-8-14(16(20)18-13(2)17(21)24-3)11-15(12)25(22,23)19-9-5-4-6-10-19/h7-8,11,13H,4-6,9-10H2,1-3H3,(H,18,20). The van der Waals surface area contributed by atoms with Crippen molar-refractivity contribution in [1.82, 2.24) is 9.62 Å². The van der Waals surface area contributed by atoms with E-state index in [0.717, 1.165) is 19.3 Å². The van der Waals surface area contributed by atoms with Crippen LogP contribution in [-0.4, -0.2) is 50.8 Å². The van der Waals surface area contributed by atoms with Crippen LogP contribution in [0.2, 0.25) is 0 Å². The second-order valence-corrected chi connectivity index (χ2v) is 8.07. The number of piperidine rings is 1. The Morgan fingerprint density at radius 1 is 1.20 bits per heavy atom. The Kier molecular flexibility index (Phi) is 6.18. The van der Waals surface area contributed by atoms with Crippen LogP contribution in [0.4, 0.5) is 0 Å². The van der Waals surface area contributed by atoms with Crippen molar-refractivity contribution in [3.05, 3.63) is 29.3 Å². The zero-order chi connectivity index (χ0) is 18.6. The van der Waals surface area contributed by atoms with E-state index in [4.69, 9.17) is 0 Å². The molecule has 2 rings (SSSR count). The van der Waals surface area contributed by atoms with Crippen LogP contribution in [-0.2, 0) is 19.6 Å². The molecule has 1 unspecified atom stereocenters. The van der Waals surface area contributed by atoms with E-state index >= 15 is 0 Å². The van der Waals surface area contributed by atoms with Gasteiger partial charge in [0.05, 0.1) is 12.0 Å². The molecule has 0 radical (unpaired) electrons. The van der Waals surface area contributed by atoms with Gasteiger partial charge in [0.2, 0.25) is 10.0 Å². The molecule has 1 heterocycles. The molecule has 0 aromatic heterocycles. The first-order valence-corrected chi connectivity index (χ1v) is 9.71. The molecule has 0 saturated carbocycles. The van der Waals surface area contributed by atoms with E-state index < -0.39 is 27.9 Å². The van der Waals surface area contributed by atoms with Gasteiger partial charge in [-0.1, -0.05) is 12.5 Å². The minimum Gasteiger partial charge on any atom is -0.467 e. The lowest BCUT2D eigenvalue weighted by atomic mass is 10.1. The smallest absolute Gasteiger partial charge is 0.328 e. The van der Waals surface area contributed by atoms with Gasteiger partial charge in [0, 0.05) is 18.7 Å². The van der Waals surface area contributed by atoms with Crippen molar-refractivity contribution in [2.45, 2.75) is 44.0 Å². The van der Waals surface area contributed by atoms with Gasteiger partial charge in [-0.25, -0.2) is 13.2 Å². The fourth-order valence-corrected chi connectivity index (χ4v) is 4.55. The van der Waals surface area contributed by atoms with Crippen LogP contribution in [0.15, 0.2) is 23.1 Å². The number of aryl methyl sites for hydroxylation is 1. The van der Waals surface area contributed by atoms with Gasteiger partial charge in [0.25, 0.3) is 5.91 Å². The van der Waals surface area contributed by atoms with Gasteiger partial charge in [-0.15, -0.1) is 0 Å². The van der Waals surface area contributed by atoms with Crippen molar-refractivity contribution in [1.29, 1.82) is 0 Å². The van der Waals surface area contributed by atoms with Gasteiger partial charge in [0.1, 0.15) is 6.04 Å². The van der Waals surface area contributed by atoms with E-state index in [1.165, 1.54) is 24.4 Å². The number of carbonyl (C=O) groups is 2. The number of hydrogen-bond donors (Lipinski definition) is 1. The summed E-state index contributed by atoms with van der Waals surface area (Å²) in [6.45, 7) is 4.20. The molecule has 1 N–H and O–H groups in total. The second kappa shape index (κ2) is 7.97. The normalized spacial score (nSPS) is 16.9. The summed E-state index contributed by atoms with van der Waals surface area (Å²) in [5.74, 6) is -1.09. The molecular formula is C17H24N2O5S. The number of nitrogens with one attached hydrogen (secondary N) is 1. The molecule has 0 bridgehead atoms. The van der Waals surface area contributed by atoms with Crippen LogP contribution in [0, 0.1) is 6.92 Å². The highest BCUT2D eigenvalue weighted by molar-refractivity contribution is 7.89. The third-order valence-corrected chi connectivity index (χ3v) is 6.33. The molecule has 1 aromatic carbocycles. The van der Waals surface area contributed by atoms with E-state index in [2.05, 4.69) is 10.1 Å². The van der Waals surface area contributed by atoms with Gasteiger partial charge in [-0.05, 0) is 44.4 Å². The molecule has 1 aromatic rings. The Hall–Kier alpha value is -1.93. The molecule has 1 saturated heterocycles. The Labute approximate surface area is 148 Å². The summed E-state index contributed by atoms with van der Waals surface area (Å²) in [6, 6.07) is 3.71. The van der Waals surface area contributed by atoms with Crippen LogP contribution < -0.4 is 5.32 Å². The van der Waals surface area contributed by atoms with Crippen molar-refractivity contribution in [3.8, 4) is 0 Å². The minimum absolute atomic E-state index is 0.132. The average Bonchev–Trinajstić information content (AvgIpc) is 2.61. The number of amides is 1. The van der Waals surface area contributed by atoms with Crippen LogP contribution in [0.5, 0.6) is 0 Å². The third kappa shape index (κ3) is 4.38. The van der Waals surface area contributed by atoms with Gasteiger partial charge in [-0.2, -0.15) is 4.31 Å². The zero-order valence-corrected chi connectivity index (χ0v) is 15.6. The van der Waals surface area contributed by atoms with Crippen molar-refractivity contribution >= 4 is 21.9 Å². The fraction of sp³-hybridized carbons (Fsp3) is 0.529. The number of benzene rings is 1. The van der Waals surface area contributed by atoms with Crippen LogP contribution in [0.1, 0.15) is 42.1 Å². The van der Waals surface area contributed by atoms with E-state index in [1.807, 2.05) is 0 Å². The van der Waals surface area contributed by atoms with Gasteiger partial charge in [0.15, 0.2) is 0 Å². The summed E-state index contributed by atoms with van der Waals surface area (Å²) < 4.78 is 31.8.